The van der Waals surface area contributed by atoms with Crippen molar-refractivity contribution in [1.82, 2.24) is 15.3 Å². The van der Waals surface area contributed by atoms with Gasteiger partial charge >= 0.3 is 0 Å². The first-order valence-electron chi connectivity index (χ1n) is 8.09. The first-order valence-corrected chi connectivity index (χ1v) is 9.04. The second kappa shape index (κ2) is 6.91. The number of H-pyrrole nitrogens is 1. The molecule has 0 aliphatic carbocycles. The number of nitrogens with zero attached hydrogens (tertiary/aromatic N) is 1. The third kappa shape index (κ3) is 3.32. The van der Waals surface area contributed by atoms with E-state index in [-0.39, 0.29) is 5.91 Å². The van der Waals surface area contributed by atoms with Crippen LogP contribution in [0.2, 0.25) is 0 Å². The van der Waals surface area contributed by atoms with Gasteiger partial charge in [0.05, 0.1) is 12.1 Å². The summed E-state index contributed by atoms with van der Waals surface area (Å²) >= 11 is 1.64. The highest BCUT2D eigenvalue weighted by molar-refractivity contribution is 7.08. The minimum Gasteiger partial charge on any atom is -0.361 e. The van der Waals surface area contributed by atoms with Gasteiger partial charge < -0.3 is 10.3 Å². The fourth-order valence-corrected chi connectivity index (χ4v) is 3.59. The number of carbonyl (C=O) groups is 1. The molecule has 5 heteroatoms. The molecule has 3 heterocycles. The van der Waals surface area contributed by atoms with Gasteiger partial charge in [0.15, 0.2) is 0 Å². The lowest BCUT2D eigenvalue weighted by Gasteiger charge is -2.09. The smallest absolute Gasteiger partial charge is 0.224 e. The summed E-state index contributed by atoms with van der Waals surface area (Å²) in [5.74, 6) is 0.00451. The Balaban J connectivity index is 1.46. The van der Waals surface area contributed by atoms with Gasteiger partial charge in [0.25, 0.3) is 0 Å². The van der Waals surface area contributed by atoms with Crippen LogP contribution in [0, 0.1) is 0 Å². The SMILES string of the molecule is O=C(Cc1c[nH]c2ccccc12)NCc1cccnc1-c1ccsc1. The van der Waals surface area contributed by atoms with Gasteiger partial charge in [-0.2, -0.15) is 11.3 Å². The van der Waals surface area contributed by atoms with Gasteiger partial charge in [0, 0.05) is 40.8 Å². The number of rotatable bonds is 5. The van der Waals surface area contributed by atoms with E-state index >= 15 is 0 Å². The zero-order chi connectivity index (χ0) is 17.1. The normalized spacial score (nSPS) is 10.9. The molecule has 4 aromatic rings. The van der Waals surface area contributed by atoms with E-state index in [1.807, 2.05) is 54.0 Å². The van der Waals surface area contributed by atoms with Crippen molar-refractivity contribution in [2.24, 2.45) is 0 Å². The van der Waals surface area contributed by atoms with Gasteiger partial charge in [-0.3, -0.25) is 9.78 Å². The molecule has 4 rings (SSSR count). The number of aromatic nitrogens is 2. The Bertz CT molecular complexity index is 1000. The van der Waals surface area contributed by atoms with Crippen molar-refractivity contribution in [2.75, 3.05) is 0 Å². The van der Waals surface area contributed by atoms with Crippen molar-refractivity contribution in [2.45, 2.75) is 13.0 Å². The molecule has 2 N–H and O–H groups in total. The van der Waals surface area contributed by atoms with Crippen molar-refractivity contribution >= 4 is 28.1 Å². The van der Waals surface area contributed by atoms with Crippen LogP contribution in [0.1, 0.15) is 11.1 Å². The molecule has 3 aromatic heterocycles. The van der Waals surface area contributed by atoms with Crippen LogP contribution in [0.5, 0.6) is 0 Å². The lowest BCUT2D eigenvalue weighted by Crippen LogP contribution is -2.24. The molecule has 0 atom stereocenters. The minimum absolute atomic E-state index is 0.00451. The number of pyridine rings is 1. The predicted molar refractivity (Wildman–Crippen MR) is 101 cm³/mol. The highest BCUT2D eigenvalue weighted by Crippen LogP contribution is 2.23. The number of benzene rings is 1. The predicted octanol–water partition coefficient (Wildman–Crippen LogP) is 4.15. The summed E-state index contributed by atoms with van der Waals surface area (Å²) in [6.45, 7) is 0.472. The highest BCUT2D eigenvalue weighted by Gasteiger charge is 2.11. The maximum atomic E-state index is 12.4. The average Bonchev–Trinajstić information content (AvgIpc) is 3.31. The molecule has 0 aliphatic heterocycles. The van der Waals surface area contributed by atoms with Crippen LogP contribution in [0.3, 0.4) is 0 Å². The summed E-state index contributed by atoms with van der Waals surface area (Å²) < 4.78 is 0. The number of hydrogen-bond acceptors (Lipinski definition) is 3. The van der Waals surface area contributed by atoms with Gasteiger partial charge in [-0.25, -0.2) is 0 Å². The summed E-state index contributed by atoms with van der Waals surface area (Å²) in [5.41, 5.74) is 5.10. The Morgan fingerprint density at radius 1 is 1.12 bits per heavy atom. The van der Waals surface area contributed by atoms with E-state index in [0.717, 1.165) is 33.3 Å². The fourth-order valence-electron chi connectivity index (χ4n) is 2.95. The van der Waals surface area contributed by atoms with Crippen molar-refractivity contribution in [3.8, 4) is 11.3 Å². The molecule has 0 saturated carbocycles. The average molecular weight is 347 g/mol. The van der Waals surface area contributed by atoms with E-state index in [1.165, 1.54) is 0 Å². The Morgan fingerprint density at radius 2 is 2.04 bits per heavy atom. The molecule has 0 fully saturated rings. The molecule has 0 spiro atoms. The van der Waals surface area contributed by atoms with Crippen molar-refractivity contribution in [3.05, 3.63) is 76.7 Å². The third-order valence-corrected chi connectivity index (χ3v) is 4.87. The molecule has 0 saturated heterocycles. The van der Waals surface area contributed by atoms with Crippen LogP contribution in [0.15, 0.2) is 65.6 Å². The summed E-state index contributed by atoms with van der Waals surface area (Å²) in [7, 11) is 0. The van der Waals surface area contributed by atoms with Crippen molar-refractivity contribution < 1.29 is 4.79 Å². The second-order valence-corrected chi connectivity index (χ2v) is 6.62. The summed E-state index contributed by atoms with van der Waals surface area (Å²) in [6.07, 6.45) is 4.05. The highest BCUT2D eigenvalue weighted by atomic mass is 32.1. The standard InChI is InChI=1S/C20H17N3OS/c24-19(10-16-12-22-18-6-2-1-5-17(16)18)23-11-14-4-3-8-21-20(14)15-7-9-25-13-15/h1-9,12-13,22H,10-11H2,(H,23,24). The Morgan fingerprint density at radius 3 is 2.92 bits per heavy atom. The van der Waals surface area contributed by atoms with Crippen LogP contribution >= 0.6 is 11.3 Å². The first kappa shape index (κ1) is 15.6. The molecule has 25 heavy (non-hydrogen) atoms. The van der Waals surface area contributed by atoms with Crippen LogP contribution in [-0.4, -0.2) is 15.9 Å². The van der Waals surface area contributed by atoms with Gasteiger partial charge in [0.1, 0.15) is 0 Å². The summed E-state index contributed by atoms with van der Waals surface area (Å²) in [6, 6.07) is 14.0. The number of hydrogen-bond donors (Lipinski definition) is 2. The molecule has 0 unspecified atom stereocenters. The number of amides is 1. The van der Waals surface area contributed by atoms with Crippen LogP contribution < -0.4 is 5.32 Å². The van der Waals surface area contributed by atoms with Crippen LogP contribution in [-0.2, 0) is 17.8 Å². The monoisotopic (exact) mass is 347 g/mol. The zero-order valence-electron chi connectivity index (χ0n) is 13.5. The molecule has 124 valence electrons. The molecular formula is C20H17N3OS. The molecule has 4 nitrogen and oxygen atoms in total. The maximum Gasteiger partial charge on any atom is 0.224 e. The van der Waals surface area contributed by atoms with Crippen molar-refractivity contribution in [1.29, 1.82) is 0 Å². The number of nitrogens with one attached hydrogen (secondary N) is 2. The molecule has 0 bridgehead atoms. The lowest BCUT2D eigenvalue weighted by atomic mass is 10.1. The van der Waals surface area contributed by atoms with E-state index in [2.05, 4.69) is 20.7 Å². The van der Waals surface area contributed by atoms with E-state index in [9.17, 15) is 4.79 Å². The van der Waals surface area contributed by atoms with Gasteiger partial charge in [0.2, 0.25) is 5.91 Å². The first-order chi connectivity index (χ1) is 12.3. The topological polar surface area (TPSA) is 57.8 Å². The Kier molecular flexibility index (Phi) is 4.31. The zero-order valence-corrected chi connectivity index (χ0v) is 14.3. The third-order valence-electron chi connectivity index (χ3n) is 4.19. The Labute approximate surface area is 149 Å². The molecular weight excluding hydrogens is 330 g/mol. The number of thiophene rings is 1. The fraction of sp³-hybridized carbons (Fsp3) is 0.100. The molecule has 1 amide bonds. The number of carbonyl (C=O) groups excluding carboxylic acids is 1. The van der Waals surface area contributed by atoms with E-state index in [0.29, 0.717) is 13.0 Å². The van der Waals surface area contributed by atoms with Gasteiger partial charge in [-0.1, -0.05) is 24.3 Å². The quantitative estimate of drug-likeness (QED) is 0.570. The maximum absolute atomic E-state index is 12.4. The van der Waals surface area contributed by atoms with Gasteiger partial charge in [-0.05, 0) is 34.7 Å². The number of para-hydroxylation sites is 1. The molecule has 0 aliphatic rings. The number of aromatic amines is 1. The van der Waals surface area contributed by atoms with Crippen molar-refractivity contribution in [3.63, 3.8) is 0 Å². The van der Waals surface area contributed by atoms with E-state index < -0.39 is 0 Å². The van der Waals surface area contributed by atoms with Gasteiger partial charge in [-0.15, -0.1) is 0 Å². The number of fused-ring (bicyclic) bond motifs is 1. The Hall–Kier alpha value is -2.92. The van der Waals surface area contributed by atoms with Crippen LogP contribution in [0.25, 0.3) is 22.2 Å². The largest absolute Gasteiger partial charge is 0.361 e. The summed E-state index contributed by atoms with van der Waals surface area (Å²) in [5, 5.41) is 8.21. The van der Waals surface area contributed by atoms with E-state index in [1.54, 1.807) is 17.5 Å². The van der Waals surface area contributed by atoms with E-state index in [4.69, 9.17) is 0 Å². The lowest BCUT2D eigenvalue weighted by molar-refractivity contribution is -0.120. The molecule has 1 aromatic carbocycles. The molecule has 0 radical (unpaired) electrons. The summed E-state index contributed by atoms with van der Waals surface area (Å²) in [4.78, 5) is 20.1. The second-order valence-electron chi connectivity index (χ2n) is 5.84. The van der Waals surface area contributed by atoms with Crippen LogP contribution in [0.4, 0.5) is 0 Å². The minimum atomic E-state index is 0.00451.